The van der Waals surface area contributed by atoms with E-state index in [9.17, 15) is 13.2 Å². The van der Waals surface area contributed by atoms with Crippen LogP contribution in [0.15, 0.2) is 33.3 Å². The Kier molecular flexibility index (Phi) is 4.88. The Bertz CT molecular complexity index is 796. The number of hydrogen-bond donors (Lipinski definition) is 2. The molecule has 0 saturated heterocycles. The van der Waals surface area contributed by atoms with Crippen molar-refractivity contribution in [3.63, 3.8) is 0 Å². The standard InChI is InChI=1S/C13H15ClN2O3S2/c1-3-11(9-5-4-6-10(14)7-9)16-21(18,19)12-8(2)15-13(17)20-12/h4-7,11,16H,3H2,1-2H3,(H,15,17). The fourth-order valence-electron chi connectivity index (χ4n) is 2.00. The van der Waals surface area contributed by atoms with Crippen LogP contribution in [0.25, 0.3) is 0 Å². The molecule has 2 N–H and O–H groups in total. The van der Waals surface area contributed by atoms with Gasteiger partial charge in [0, 0.05) is 16.8 Å². The fourth-order valence-corrected chi connectivity index (χ4v) is 4.82. The molecule has 0 radical (unpaired) electrons. The van der Waals surface area contributed by atoms with Crippen LogP contribution in [-0.2, 0) is 10.0 Å². The average molecular weight is 347 g/mol. The summed E-state index contributed by atoms with van der Waals surface area (Å²) >= 11 is 6.63. The number of sulfonamides is 1. The van der Waals surface area contributed by atoms with Crippen molar-refractivity contribution in [2.24, 2.45) is 0 Å². The number of halogens is 1. The molecule has 0 saturated carbocycles. The quantitative estimate of drug-likeness (QED) is 0.873. The van der Waals surface area contributed by atoms with Gasteiger partial charge < -0.3 is 4.98 Å². The van der Waals surface area contributed by atoms with Crippen molar-refractivity contribution in [1.29, 1.82) is 0 Å². The summed E-state index contributed by atoms with van der Waals surface area (Å²) in [6.07, 6.45) is 0.567. The van der Waals surface area contributed by atoms with Crippen LogP contribution in [0.5, 0.6) is 0 Å². The first-order valence-corrected chi connectivity index (χ1v) is 8.98. The molecule has 1 aromatic carbocycles. The van der Waals surface area contributed by atoms with Gasteiger partial charge in [0.05, 0.1) is 0 Å². The highest BCUT2D eigenvalue weighted by molar-refractivity contribution is 7.91. The number of aromatic nitrogens is 1. The third kappa shape index (κ3) is 3.74. The number of aryl methyl sites for hydroxylation is 1. The molecule has 2 aromatic rings. The molecule has 8 heteroatoms. The number of nitrogens with one attached hydrogen (secondary N) is 2. The highest BCUT2D eigenvalue weighted by Gasteiger charge is 2.24. The molecule has 1 atom stereocenters. The lowest BCUT2D eigenvalue weighted by Gasteiger charge is -2.17. The number of hydrogen-bond acceptors (Lipinski definition) is 4. The summed E-state index contributed by atoms with van der Waals surface area (Å²) < 4.78 is 27.4. The highest BCUT2D eigenvalue weighted by Crippen LogP contribution is 2.24. The van der Waals surface area contributed by atoms with Gasteiger partial charge >= 0.3 is 4.87 Å². The van der Waals surface area contributed by atoms with E-state index in [2.05, 4.69) is 9.71 Å². The lowest BCUT2D eigenvalue weighted by molar-refractivity contribution is 0.551. The molecule has 2 rings (SSSR count). The van der Waals surface area contributed by atoms with Crippen LogP contribution in [0, 0.1) is 6.92 Å². The topological polar surface area (TPSA) is 79.0 Å². The summed E-state index contributed by atoms with van der Waals surface area (Å²) in [5.41, 5.74) is 1.13. The van der Waals surface area contributed by atoms with Crippen LogP contribution >= 0.6 is 22.9 Å². The predicted octanol–water partition coefficient (Wildman–Crippen LogP) is 2.83. The van der Waals surface area contributed by atoms with Gasteiger partial charge in [0.1, 0.15) is 0 Å². The molecule has 0 fully saturated rings. The maximum atomic E-state index is 12.4. The van der Waals surface area contributed by atoms with Crippen molar-refractivity contribution in [2.45, 2.75) is 30.5 Å². The fraction of sp³-hybridized carbons (Fsp3) is 0.308. The minimum Gasteiger partial charge on any atom is -0.315 e. The van der Waals surface area contributed by atoms with E-state index >= 15 is 0 Å². The van der Waals surface area contributed by atoms with Gasteiger partial charge in [-0.25, -0.2) is 13.1 Å². The first-order chi connectivity index (χ1) is 9.83. The molecule has 0 bridgehead atoms. The van der Waals surface area contributed by atoms with Crippen molar-refractivity contribution in [3.8, 4) is 0 Å². The van der Waals surface area contributed by atoms with Gasteiger partial charge in [0.25, 0.3) is 10.0 Å². The minimum absolute atomic E-state index is 0.0213. The number of H-pyrrole nitrogens is 1. The molecule has 21 heavy (non-hydrogen) atoms. The summed E-state index contributed by atoms with van der Waals surface area (Å²) in [5, 5.41) is 0.549. The lowest BCUT2D eigenvalue weighted by Crippen LogP contribution is -2.28. The van der Waals surface area contributed by atoms with Crippen LogP contribution < -0.4 is 9.60 Å². The molecular weight excluding hydrogens is 332 g/mol. The van der Waals surface area contributed by atoms with E-state index in [0.29, 0.717) is 28.5 Å². The maximum Gasteiger partial charge on any atom is 0.305 e. The number of benzene rings is 1. The maximum absolute atomic E-state index is 12.4. The summed E-state index contributed by atoms with van der Waals surface area (Å²) in [5.74, 6) is 0. The van der Waals surface area contributed by atoms with E-state index in [1.807, 2.05) is 13.0 Å². The Labute approximate surface area is 132 Å². The smallest absolute Gasteiger partial charge is 0.305 e. The molecular formula is C13H15ClN2O3S2. The van der Waals surface area contributed by atoms with E-state index in [1.165, 1.54) is 0 Å². The second-order valence-corrected chi connectivity index (χ2v) is 7.89. The van der Waals surface area contributed by atoms with Gasteiger partial charge in [-0.15, -0.1) is 0 Å². The zero-order valence-electron chi connectivity index (χ0n) is 11.5. The number of rotatable bonds is 5. The SMILES string of the molecule is CCC(NS(=O)(=O)c1sc(=O)[nH]c1C)c1cccc(Cl)c1. The Balaban J connectivity index is 2.34. The predicted molar refractivity (Wildman–Crippen MR) is 84.5 cm³/mol. The van der Waals surface area contributed by atoms with Gasteiger partial charge in [-0.05, 0) is 31.0 Å². The third-order valence-corrected chi connectivity index (χ3v) is 6.29. The first kappa shape index (κ1) is 16.2. The molecule has 1 heterocycles. The van der Waals surface area contributed by atoms with Crippen LogP contribution in [0.3, 0.4) is 0 Å². The van der Waals surface area contributed by atoms with Crippen molar-refractivity contribution in [2.75, 3.05) is 0 Å². The molecule has 0 aliphatic carbocycles. The van der Waals surface area contributed by atoms with E-state index in [1.54, 1.807) is 25.1 Å². The number of aromatic amines is 1. The summed E-state index contributed by atoms with van der Waals surface area (Å²) in [7, 11) is -3.75. The van der Waals surface area contributed by atoms with Crippen LogP contribution in [-0.4, -0.2) is 13.4 Å². The molecule has 0 amide bonds. The van der Waals surface area contributed by atoms with Crippen molar-refractivity contribution in [1.82, 2.24) is 9.71 Å². The van der Waals surface area contributed by atoms with Gasteiger partial charge in [-0.3, -0.25) is 4.79 Å². The van der Waals surface area contributed by atoms with Crippen molar-refractivity contribution >= 4 is 33.0 Å². The van der Waals surface area contributed by atoms with E-state index in [-0.39, 0.29) is 9.08 Å². The van der Waals surface area contributed by atoms with Crippen LogP contribution in [0.4, 0.5) is 0 Å². The summed E-state index contributed by atoms with van der Waals surface area (Å²) in [6.45, 7) is 3.44. The van der Waals surface area contributed by atoms with E-state index in [0.717, 1.165) is 5.56 Å². The molecule has 0 aliphatic heterocycles. The summed E-state index contributed by atoms with van der Waals surface area (Å²) in [4.78, 5) is 13.4. The monoisotopic (exact) mass is 346 g/mol. The normalized spacial score (nSPS) is 13.3. The zero-order valence-corrected chi connectivity index (χ0v) is 13.9. The Morgan fingerprint density at radius 1 is 1.43 bits per heavy atom. The first-order valence-electron chi connectivity index (χ1n) is 6.31. The average Bonchev–Trinajstić information content (AvgIpc) is 2.76. The van der Waals surface area contributed by atoms with Gasteiger partial charge in [-0.2, -0.15) is 0 Å². The molecule has 1 unspecified atom stereocenters. The van der Waals surface area contributed by atoms with Gasteiger partial charge in [0.15, 0.2) is 4.21 Å². The Morgan fingerprint density at radius 2 is 2.14 bits per heavy atom. The second-order valence-electron chi connectivity index (χ2n) is 4.56. The molecule has 0 aliphatic rings. The van der Waals surface area contributed by atoms with E-state index < -0.39 is 16.1 Å². The minimum atomic E-state index is -3.75. The number of thiazole rings is 1. The Hall–Kier alpha value is -1.15. The second kappa shape index (κ2) is 6.31. The molecule has 1 aromatic heterocycles. The summed E-state index contributed by atoms with van der Waals surface area (Å²) in [6, 6.07) is 6.65. The van der Waals surface area contributed by atoms with Crippen molar-refractivity contribution < 1.29 is 8.42 Å². The van der Waals surface area contributed by atoms with Crippen LogP contribution in [0.1, 0.15) is 30.6 Å². The molecule has 114 valence electrons. The van der Waals surface area contributed by atoms with Crippen LogP contribution in [0.2, 0.25) is 5.02 Å². The Morgan fingerprint density at radius 3 is 2.67 bits per heavy atom. The lowest BCUT2D eigenvalue weighted by atomic mass is 10.1. The highest BCUT2D eigenvalue weighted by atomic mass is 35.5. The zero-order chi connectivity index (χ0) is 15.6. The van der Waals surface area contributed by atoms with Gasteiger partial charge in [-0.1, -0.05) is 42.0 Å². The molecule has 5 nitrogen and oxygen atoms in total. The third-order valence-electron chi connectivity index (χ3n) is 2.98. The largest absolute Gasteiger partial charge is 0.315 e. The molecule has 0 spiro atoms. The van der Waals surface area contributed by atoms with E-state index in [4.69, 9.17) is 11.6 Å². The van der Waals surface area contributed by atoms with Crippen molar-refractivity contribution in [3.05, 3.63) is 50.2 Å². The van der Waals surface area contributed by atoms with Gasteiger partial charge in [0.2, 0.25) is 0 Å².